The van der Waals surface area contributed by atoms with E-state index >= 15 is 0 Å². The molecule has 0 unspecified atom stereocenters. The molecule has 0 atom stereocenters. The lowest BCUT2D eigenvalue weighted by atomic mass is 10.1. The summed E-state index contributed by atoms with van der Waals surface area (Å²) < 4.78 is 10.7. The summed E-state index contributed by atoms with van der Waals surface area (Å²) in [6.45, 7) is 1.97. The molecule has 4 aromatic carbocycles. The Morgan fingerprint density at radius 2 is 1.50 bits per heavy atom. The highest BCUT2D eigenvalue weighted by Gasteiger charge is 2.16. The Hall–Kier alpha value is -5.02. The lowest BCUT2D eigenvalue weighted by Crippen LogP contribution is -2.30. The number of hydrogen-bond donors (Lipinski definition) is 3. The highest BCUT2D eigenvalue weighted by Crippen LogP contribution is 2.28. The van der Waals surface area contributed by atoms with Gasteiger partial charge in [-0.2, -0.15) is 0 Å². The fraction of sp³-hybridized carbons (Fsp3) is 0.121. The number of ether oxygens (including phenoxy) is 2. The topological polar surface area (TPSA) is 106 Å². The molecule has 0 aliphatic heterocycles. The Morgan fingerprint density at radius 1 is 0.762 bits per heavy atom. The van der Waals surface area contributed by atoms with Gasteiger partial charge in [0, 0.05) is 21.8 Å². The molecule has 4 rings (SSSR count). The van der Waals surface area contributed by atoms with Crippen molar-refractivity contribution in [3.8, 4) is 11.5 Å². The van der Waals surface area contributed by atoms with E-state index in [9.17, 15) is 14.4 Å². The molecule has 4 aromatic rings. The summed E-state index contributed by atoms with van der Waals surface area (Å²) in [5, 5.41) is 8.45. The molecule has 0 fully saturated rings. The number of nitrogens with one attached hydrogen (secondary N) is 3. The molecule has 0 aliphatic carbocycles. The Balaban J connectivity index is 1.45. The Kier molecular flexibility index (Phi) is 10.4. The molecule has 0 heterocycles. The standard InChI is InChI=1S/C33H31N3O5S/c1-22-8-7-11-26(18-22)34-31(37)21-42-27-15-13-25(14-16-27)35-33(39)28(36-32(38)24-9-5-4-6-10-24)19-23-12-17-29(40-2)30(20-23)41-3/h4-20H,21H2,1-3H3,(H,34,37)(H,35,39)(H,36,38)/b28-19-. The number of carbonyl (C=O) groups excluding carboxylic acids is 3. The molecule has 9 heteroatoms. The van der Waals surface area contributed by atoms with Gasteiger partial charge in [0.1, 0.15) is 5.70 Å². The minimum absolute atomic E-state index is 0.0438. The fourth-order valence-electron chi connectivity index (χ4n) is 3.95. The van der Waals surface area contributed by atoms with E-state index in [1.807, 2.05) is 49.4 Å². The van der Waals surface area contributed by atoms with Gasteiger partial charge in [0.2, 0.25) is 5.91 Å². The molecule has 214 valence electrons. The third kappa shape index (κ3) is 8.49. The second-order valence-corrected chi connectivity index (χ2v) is 10.2. The van der Waals surface area contributed by atoms with Gasteiger partial charge in [-0.25, -0.2) is 0 Å². The highest BCUT2D eigenvalue weighted by atomic mass is 32.2. The molecule has 3 amide bonds. The molecule has 3 N–H and O–H groups in total. The minimum Gasteiger partial charge on any atom is -0.493 e. The van der Waals surface area contributed by atoms with E-state index in [2.05, 4.69) is 16.0 Å². The summed E-state index contributed by atoms with van der Waals surface area (Å²) in [7, 11) is 3.06. The lowest BCUT2D eigenvalue weighted by molar-refractivity contribution is -0.114. The monoisotopic (exact) mass is 581 g/mol. The van der Waals surface area contributed by atoms with Crippen molar-refractivity contribution >= 4 is 46.9 Å². The molecular formula is C33H31N3O5S. The molecule has 42 heavy (non-hydrogen) atoms. The van der Waals surface area contributed by atoms with Crippen LogP contribution in [0.15, 0.2) is 108 Å². The molecule has 8 nitrogen and oxygen atoms in total. The molecule has 0 spiro atoms. The van der Waals surface area contributed by atoms with Gasteiger partial charge < -0.3 is 25.4 Å². The fourth-order valence-corrected chi connectivity index (χ4v) is 4.65. The van der Waals surface area contributed by atoms with Gasteiger partial charge in [-0.05, 0) is 84.8 Å². The van der Waals surface area contributed by atoms with Gasteiger partial charge in [0.25, 0.3) is 11.8 Å². The third-order valence-corrected chi connectivity index (χ3v) is 7.04. The largest absolute Gasteiger partial charge is 0.493 e. The summed E-state index contributed by atoms with van der Waals surface area (Å²) in [6.07, 6.45) is 1.56. The van der Waals surface area contributed by atoms with Gasteiger partial charge in [-0.3, -0.25) is 14.4 Å². The maximum Gasteiger partial charge on any atom is 0.272 e. The Morgan fingerprint density at radius 3 is 2.19 bits per heavy atom. The van der Waals surface area contributed by atoms with Gasteiger partial charge in [0.05, 0.1) is 20.0 Å². The Labute approximate surface area is 249 Å². The SMILES string of the molecule is COc1ccc(/C=C(\NC(=O)c2ccccc2)C(=O)Nc2ccc(SCC(=O)Nc3cccc(C)c3)cc2)cc1OC. The number of carbonyl (C=O) groups is 3. The molecule has 0 saturated heterocycles. The highest BCUT2D eigenvalue weighted by molar-refractivity contribution is 8.00. The van der Waals surface area contributed by atoms with Crippen LogP contribution in [-0.4, -0.2) is 37.7 Å². The van der Waals surface area contributed by atoms with Crippen molar-refractivity contribution in [3.05, 3.63) is 119 Å². The van der Waals surface area contributed by atoms with Crippen molar-refractivity contribution in [2.75, 3.05) is 30.6 Å². The van der Waals surface area contributed by atoms with Crippen molar-refractivity contribution in [1.29, 1.82) is 0 Å². The average molecular weight is 582 g/mol. The van der Waals surface area contributed by atoms with Crippen LogP contribution in [0.25, 0.3) is 6.08 Å². The molecule has 0 bridgehead atoms. The van der Waals surface area contributed by atoms with E-state index in [0.717, 1.165) is 16.1 Å². The molecule has 0 saturated carbocycles. The predicted octanol–water partition coefficient (Wildman–Crippen LogP) is 6.15. The first-order valence-corrected chi connectivity index (χ1v) is 14.0. The van der Waals surface area contributed by atoms with Crippen LogP contribution in [-0.2, 0) is 9.59 Å². The first kappa shape index (κ1) is 30.0. The summed E-state index contributed by atoms with van der Waals surface area (Å²) in [6, 6.07) is 28.6. The quantitative estimate of drug-likeness (QED) is 0.145. The summed E-state index contributed by atoms with van der Waals surface area (Å²) in [5.41, 5.74) is 3.44. The molecular weight excluding hydrogens is 550 g/mol. The van der Waals surface area contributed by atoms with E-state index in [-0.39, 0.29) is 17.4 Å². The van der Waals surface area contributed by atoms with Crippen LogP contribution in [0.3, 0.4) is 0 Å². The second-order valence-electron chi connectivity index (χ2n) is 9.18. The third-order valence-electron chi connectivity index (χ3n) is 6.03. The van der Waals surface area contributed by atoms with Crippen molar-refractivity contribution in [1.82, 2.24) is 5.32 Å². The number of methoxy groups -OCH3 is 2. The molecule has 0 aromatic heterocycles. The molecule has 0 radical (unpaired) electrons. The predicted molar refractivity (Wildman–Crippen MR) is 167 cm³/mol. The van der Waals surface area contributed by atoms with E-state index in [4.69, 9.17) is 9.47 Å². The number of rotatable bonds is 11. The van der Waals surface area contributed by atoms with Crippen LogP contribution in [0.1, 0.15) is 21.5 Å². The Bertz CT molecular complexity index is 1590. The van der Waals surface area contributed by atoms with E-state index < -0.39 is 11.8 Å². The minimum atomic E-state index is -0.507. The van der Waals surface area contributed by atoms with Crippen molar-refractivity contribution in [2.45, 2.75) is 11.8 Å². The first-order chi connectivity index (χ1) is 20.3. The van der Waals surface area contributed by atoms with Crippen molar-refractivity contribution in [3.63, 3.8) is 0 Å². The summed E-state index contributed by atoms with van der Waals surface area (Å²) in [4.78, 5) is 39.5. The van der Waals surface area contributed by atoms with E-state index in [1.54, 1.807) is 60.7 Å². The maximum atomic E-state index is 13.4. The summed E-state index contributed by atoms with van der Waals surface area (Å²) in [5.74, 6) is 0.228. The number of amides is 3. The van der Waals surface area contributed by atoms with Crippen LogP contribution in [0.5, 0.6) is 11.5 Å². The number of anilines is 2. The van der Waals surface area contributed by atoms with Crippen LogP contribution in [0, 0.1) is 6.92 Å². The van der Waals surface area contributed by atoms with Gasteiger partial charge in [-0.1, -0.05) is 36.4 Å². The van der Waals surface area contributed by atoms with E-state index in [1.165, 1.54) is 26.0 Å². The second kappa shape index (κ2) is 14.6. The van der Waals surface area contributed by atoms with Crippen molar-refractivity contribution < 1.29 is 23.9 Å². The van der Waals surface area contributed by atoms with Gasteiger partial charge in [-0.15, -0.1) is 11.8 Å². The van der Waals surface area contributed by atoms with Gasteiger partial charge >= 0.3 is 0 Å². The zero-order valence-corrected chi connectivity index (χ0v) is 24.3. The number of hydrogen-bond acceptors (Lipinski definition) is 6. The molecule has 0 aliphatic rings. The lowest BCUT2D eigenvalue weighted by Gasteiger charge is -2.13. The van der Waals surface area contributed by atoms with Crippen LogP contribution < -0.4 is 25.4 Å². The van der Waals surface area contributed by atoms with Crippen molar-refractivity contribution in [2.24, 2.45) is 0 Å². The van der Waals surface area contributed by atoms with E-state index in [0.29, 0.717) is 28.3 Å². The zero-order valence-electron chi connectivity index (χ0n) is 23.5. The maximum absolute atomic E-state index is 13.4. The number of thioether (sulfide) groups is 1. The first-order valence-electron chi connectivity index (χ1n) is 13.1. The normalized spacial score (nSPS) is 10.9. The van der Waals surface area contributed by atoms with Gasteiger partial charge in [0.15, 0.2) is 11.5 Å². The van der Waals surface area contributed by atoms with Crippen LogP contribution >= 0.6 is 11.8 Å². The smallest absolute Gasteiger partial charge is 0.272 e. The zero-order chi connectivity index (χ0) is 29.9. The number of benzene rings is 4. The average Bonchev–Trinajstić information content (AvgIpc) is 3.00. The summed E-state index contributed by atoms with van der Waals surface area (Å²) >= 11 is 1.38. The number of aryl methyl sites for hydroxylation is 1. The van der Waals surface area contributed by atoms with Crippen LogP contribution in [0.2, 0.25) is 0 Å². The van der Waals surface area contributed by atoms with Crippen LogP contribution in [0.4, 0.5) is 11.4 Å².